The van der Waals surface area contributed by atoms with E-state index in [4.69, 9.17) is 16.6 Å². The van der Waals surface area contributed by atoms with Crippen LogP contribution in [0.2, 0.25) is 5.02 Å². The predicted octanol–water partition coefficient (Wildman–Crippen LogP) is 4.43. The number of hydrogen-bond donors (Lipinski definition) is 0. The first-order chi connectivity index (χ1) is 13.4. The Morgan fingerprint density at radius 3 is 2.64 bits per heavy atom. The zero-order valence-corrected chi connectivity index (χ0v) is 18.2. The Balaban J connectivity index is 1.79. The van der Waals surface area contributed by atoms with E-state index in [1.165, 1.54) is 23.1 Å². The molecule has 1 aliphatic rings. The van der Waals surface area contributed by atoms with E-state index in [1.54, 1.807) is 33.7 Å². The summed E-state index contributed by atoms with van der Waals surface area (Å²) in [4.78, 5) is 34.2. The number of rotatable bonds is 5. The van der Waals surface area contributed by atoms with E-state index in [2.05, 4.69) is 0 Å². The Kier molecular flexibility index (Phi) is 5.24. The Hall–Kier alpha value is -1.83. The van der Waals surface area contributed by atoms with Crippen molar-refractivity contribution in [3.63, 3.8) is 0 Å². The smallest absolute Gasteiger partial charge is 0.267 e. The highest BCUT2D eigenvalue weighted by molar-refractivity contribution is 7.99. The highest BCUT2D eigenvalue weighted by atomic mass is 35.5. The summed E-state index contributed by atoms with van der Waals surface area (Å²) in [7, 11) is 1.84. The number of aromatic nitrogens is 2. The fourth-order valence-electron chi connectivity index (χ4n) is 3.08. The molecule has 0 aliphatic heterocycles. The van der Waals surface area contributed by atoms with E-state index in [1.807, 2.05) is 20.9 Å². The van der Waals surface area contributed by atoms with Crippen LogP contribution in [0.5, 0.6) is 0 Å². The average molecular weight is 434 g/mol. The topological polar surface area (TPSA) is 55.2 Å². The fraction of sp³-hybridized carbons (Fsp3) is 0.350. The molecule has 28 heavy (non-hydrogen) atoms. The molecule has 0 radical (unpaired) electrons. The summed E-state index contributed by atoms with van der Waals surface area (Å²) in [5, 5.41) is 1.77. The highest BCUT2D eigenvalue weighted by Crippen LogP contribution is 2.31. The lowest BCUT2D eigenvalue weighted by Gasteiger charge is -2.17. The number of amides is 1. The second kappa shape index (κ2) is 7.54. The molecular formula is C20H20ClN3O2S2. The van der Waals surface area contributed by atoms with Gasteiger partial charge in [-0.2, -0.15) is 0 Å². The van der Waals surface area contributed by atoms with Crippen molar-refractivity contribution in [1.29, 1.82) is 0 Å². The molecule has 0 spiro atoms. The summed E-state index contributed by atoms with van der Waals surface area (Å²) in [5.74, 6) is 0.310. The van der Waals surface area contributed by atoms with Crippen LogP contribution in [0.15, 0.2) is 34.2 Å². The van der Waals surface area contributed by atoms with Gasteiger partial charge in [-0.05, 0) is 56.5 Å². The summed E-state index contributed by atoms with van der Waals surface area (Å²) in [5.41, 5.74) is 1.54. The number of carbonyl (C=O) groups excluding carboxylic acids is 1. The van der Waals surface area contributed by atoms with Crippen LogP contribution in [0.3, 0.4) is 0 Å². The highest BCUT2D eigenvalue weighted by Gasteiger charge is 2.29. The SMILES string of the molecule is Cc1sc2nc(SCC(=O)N(C)C3CC3)n(-c3ccc(Cl)cc3)c(=O)c2c1C. The van der Waals surface area contributed by atoms with Gasteiger partial charge in [0, 0.05) is 23.0 Å². The summed E-state index contributed by atoms with van der Waals surface area (Å²) in [6.45, 7) is 3.94. The molecule has 0 saturated heterocycles. The predicted molar refractivity (Wildman–Crippen MR) is 116 cm³/mol. The van der Waals surface area contributed by atoms with E-state index >= 15 is 0 Å². The third kappa shape index (κ3) is 3.58. The monoisotopic (exact) mass is 433 g/mol. The lowest BCUT2D eigenvalue weighted by Crippen LogP contribution is -2.30. The third-order valence-electron chi connectivity index (χ3n) is 5.07. The van der Waals surface area contributed by atoms with Gasteiger partial charge in [-0.15, -0.1) is 11.3 Å². The molecule has 8 heteroatoms. The van der Waals surface area contributed by atoms with Gasteiger partial charge in [0.2, 0.25) is 5.91 Å². The quantitative estimate of drug-likeness (QED) is 0.441. The summed E-state index contributed by atoms with van der Waals surface area (Å²) in [6, 6.07) is 7.46. The Morgan fingerprint density at radius 2 is 2.00 bits per heavy atom. The first-order valence-corrected chi connectivity index (χ1v) is 11.2. The number of carbonyl (C=O) groups is 1. The maximum absolute atomic E-state index is 13.4. The van der Waals surface area contributed by atoms with Crippen molar-refractivity contribution in [1.82, 2.24) is 14.5 Å². The van der Waals surface area contributed by atoms with Crippen molar-refractivity contribution in [2.45, 2.75) is 37.9 Å². The van der Waals surface area contributed by atoms with Crippen LogP contribution in [0, 0.1) is 13.8 Å². The standard InChI is InChI=1S/C20H20ClN3O2S2/c1-11-12(2)28-18-17(11)19(26)24(15-6-4-13(21)5-7-15)20(22-18)27-10-16(25)23(3)14-8-9-14/h4-7,14H,8-10H2,1-3H3. The first-order valence-electron chi connectivity index (χ1n) is 9.04. The van der Waals surface area contributed by atoms with Gasteiger partial charge < -0.3 is 4.90 Å². The minimum atomic E-state index is -0.111. The molecule has 0 atom stereocenters. The van der Waals surface area contributed by atoms with Crippen LogP contribution >= 0.6 is 34.7 Å². The van der Waals surface area contributed by atoms with Crippen molar-refractivity contribution in [2.24, 2.45) is 0 Å². The molecule has 2 aromatic heterocycles. The molecule has 1 aliphatic carbocycles. The van der Waals surface area contributed by atoms with Gasteiger partial charge in [-0.3, -0.25) is 14.2 Å². The van der Waals surface area contributed by atoms with Gasteiger partial charge in [0.05, 0.1) is 16.8 Å². The van der Waals surface area contributed by atoms with Crippen LogP contribution in [-0.2, 0) is 4.79 Å². The zero-order valence-electron chi connectivity index (χ0n) is 15.9. The first kappa shape index (κ1) is 19.5. The van der Waals surface area contributed by atoms with Gasteiger partial charge in [0.15, 0.2) is 5.16 Å². The molecule has 4 rings (SSSR count). The second-order valence-electron chi connectivity index (χ2n) is 7.00. The van der Waals surface area contributed by atoms with Crippen LogP contribution in [-0.4, -0.2) is 39.2 Å². The van der Waals surface area contributed by atoms with Gasteiger partial charge in [-0.1, -0.05) is 23.4 Å². The fourth-order valence-corrected chi connectivity index (χ4v) is 5.22. The maximum atomic E-state index is 13.4. The van der Waals surface area contributed by atoms with Crippen LogP contribution in [0.1, 0.15) is 23.3 Å². The third-order valence-corrected chi connectivity index (χ3v) is 7.35. The number of thioether (sulfide) groups is 1. The molecule has 1 saturated carbocycles. The van der Waals surface area contributed by atoms with Crippen molar-refractivity contribution in [3.05, 3.63) is 50.1 Å². The number of thiophene rings is 1. The summed E-state index contributed by atoms with van der Waals surface area (Å²) in [6.07, 6.45) is 2.14. The lowest BCUT2D eigenvalue weighted by molar-refractivity contribution is -0.127. The van der Waals surface area contributed by atoms with Crippen molar-refractivity contribution in [3.8, 4) is 5.69 Å². The van der Waals surface area contributed by atoms with Gasteiger partial charge in [0.25, 0.3) is 5.56 Å². The van der Waals surface area contributed by atoms with Gasteiger partial charge >= 0.3 is 0 Å². The number of fused-ring (bicyclic) bond motifs is 1. The maximum Gasteiger partial charge on any atom is 0.267 e. The molecule has 0 bridgehead atoms. The van der Waals surface area contributed by atoms with Crippen molar-refractivity contribution < 1.29 is 4.79 Å². The number of nitrogens with zero attached hydrogens (tertiary/aromatic N) is 3. The zero-order chi connectivity index (χ0) is 20.0. The summed E-state index contributed by atoms with van der Waals surface area (Å²) < 4.78 is 1.59. The molecule has 0 N–H and O–H groups in total. The van der Waals surface area contributed by atoms with Crippen LogP contribution in [0.4, 0.5) is 0 Å². The summed E-state index contributed by atoms with van der Waals surface area (Å²) >= 11 is 8.84. The molecule has 5 nitrogen and oxygen atoms in total. The number of halogens is 1. The largest absolute Gasteiger partial charge is 0.342 e. The minimum Gasteiger partial charge on any atom is -0.342 e. The number of benzene rings is 1. The number of aryl methyl sites for hydroxylation is 2. The van der Waals surface area contributed by atoms with Crippen molar-refractivity contribution >= 4 is 50.8 Å². The molecule has 1 amide bonds. The molecule has 146 valence electrons. The van der Waals surface area contributed by atoms with E-state index in [0.29, 0.717) is 27.3 Å². The second-order valence-corrected chi connectivity index (χ2v) is 9.58. The average Bonchev–Trinajstić information content (AvgIpc) is 3.47. The molecule has 1 aromatic carbocycles. The van der Waals surface area contributed by atoms with Crippen molar-refractivity contribution in [2.75, 3.05) is 12.8 Å². The Morgan fingerprint density at radius 1 is 1.32 bits per heavy atom. The normalized spacial score (nSPS) is 13.9. The van der Waals surface area contributed by atoms with E-state index in [0.717, 1.165) is 28.1 Å². The molecule has 0 unspecified atom stereocenters. The van der Waals surface area contributed by atoms with Gasteiger partial charge in [0.1, 0.15) is 4.83 Å². The van der Waals surface area contributed by atoms with E-state index in [-0.39, 0.29) is 17.2 Å². The van der Waals surface area contributed by atoms with E-state index in [9.17, 15) is 9.59 Å². The van der Waals surface area contributed by atoms with Crippen LogP contribution < -0.4 is 5.56 Å². The van der Waals surface area contributed by atoms with Gasteiger partial charge in [-0.25, -0.2) is 4.98 Å². The molecule has 2 heterocycles. The molecular weight excluding hydrogens is 414 g/mol. The Bertz CT molecular complexity index is 1120. The lowest BCUT2D eigenvalue weighted by atomic mass is 10.2. The molecule has 3 aromatic rings. The van der Waals surface area contributed by atoms with E-state index < -0.39 is 0 Å². The number of hydrogen-bond acceptors (Lipinski definition) is 5. The van der Waals surface area contributed by atoms with Crippen LogP contribution in [0.25, 0.3) is 15.9 Å². The molecule has 1 fully saturated rings. The Labute approximate surface area is 176 Å². The minimum absolute atomic E-state index is 0.0584.